The second-order valence-corrected chi connectivity index (χ2v) is 5.63. The van der Waals surface area contributed by atoms with E-state index in [1.54, 1.807) is 0 Å². The Balaban J connectivity index is 2.28. The molecule has 1 heterocycles. The van der Waals surface area contributed by atoms with Crippen molar-refractivity contribution in [3.8, 4) is 11.4 Å². The van der Waals surface area contributed by atoms with Gasteiger partial charge in [0.2, 0.25) is 0 Å². The van der Waals surface area contributed by atoms with Crippen molar-refractivity contribution in [2.45, 2.75) is 13.3 Å². The highest BCUT2D eigenvalue weighted by atomic mass is 79.9. The Hall–Kier alpha value is -1.45. The smallest absolute Gasteiger partial charge is 0.161 e. The number of halogens is 2. The average molecular weight is 348 g/mol. The van der Waals surface area contributed by atoms with Crippen molar-refractivity contribution in [2.24, 2.45) is 0 Å². The SMILES string of the molecule is CCc1nc(-c2cccc3ccccc23)nc(Cl)c1Br. The molecule has 0 saturated heterocycles. The number of nitrogens with zero attached hydrogens (tertiary/aromatic N) is 2. The summed E-state index contributed by atoms with van der Waals surface area (Å²) in [5.74, 6) is 0.673. The lowest BCUT2D eigenvalue weighted by atomic mass is 10.0. The van der Waals surface area contributed by atoms with E-state index >= 15 is 0 Å². The highest BCUT2D eigenvalue weighted by Crippen LogP contribution is 2.30. The zero-order valence-corrected chi connectivity index (χ0v) is 13.2. The third kappa shape index (κ3) is 2.32. The molecule has 20 heavy (non-hydrogen) atoms. The van der Waals surface area contributed by atoms with E-state index in [4.69, 9.17) is 11.6 Å². The van der Waals surface area contributed by atoms with Gasteiger partial charge in [-0.1, -0.05) is 61.0 Å². The first-order valence-corrected chi connectivity index (χ1v) is 7.58. The first-order chi connectivity index (χ1) is 9.70. The van der Waals surface area contributed by atoms with Crippen LogP contribution in [0.5, 0.6) is 0 Å². The largest absolute Gasteiger partial charge is 0.232 e. The van der Waals surface area contributed by atoms with Crippen LogP contribution < -0.4 is 0 Å². The third-order valence-corrected chi connectivity index (χ3v) is 4.58. The van der Waals surface area contributed by atoms with Crippen molar-refractivity contribution >= 4 is 38.3 Å². The van der Waals surface area contributed by atoms with Crippen molar-refractivity contribution < 1.29 is 0 Å². The summed E-state index contributed by atoms with van der Waals surface area (Å²) in [7, 11) is 0. The molecule has 4 heteroatoms. The Morgan fingerprint density at radius 3 is 2.60 bits per heavy atom. The summed E-state index contributed by atoms with van der Waals surface area (Å²) in [5, 5.41) is 2.76. The number of aryl methyl sites for hydroxylation is 1. The molecule has 0 amide bonds. The van der Waals surface area contributed by atoms with Crippen molar-refractivity contribution in [3.05, 3.63) is 57.8 Å². The van der Waals surface area contributed by atoms with Gasteiger partial charge in [0.05, 0.1) is 10.2 Å². The number of hydrogen-bond donors (Lipinski definition) is 0. The summed E-state index contributed by atoms with van der Waals surface area (Å²) in [5.41, 5.74) is 1.93. The monoisotopic (exact) mass is 346 g/mol. The minimum Gasteiger partial charge on any atom is -0.232 e. The number of fused-ring (bicyclic) bond motifs is 1. The third-order valence-electron chi connectivity index (χ3n) is 3.24. The Kier molecular flexibility index (Phi) is 3.72. The van der Waals surface area contributed by atoms with E-state index in [-0.39, 0.29) is 0 Å². The van der Waals surface area contributed by atoms with E-state index in [2.05, 4.69) is 51.0 Å². The molecule has 0 saturated carbocycles. The molecular weight excluding hydrogens is 336 g/mol. The lowest BCUT2D eigenvalue weighted by Gasteiger charge is -2.09. The zero-order chi connectivity index (χ0) is 14.1. The molecule has 3 aromatic rings. The van der Waals surface area contributed by atoms with E-state index in [1.807, 2.05) is 24.3 Å². The minimum absolute atomic E-state index is 0.458. The molecule has 1 aromatic heterocycles. The summed E-state index contributed by atoms with van der Waals surface area (Å²) < 4.78 is 0.783. The molecular formula is C16H12BrClN2. The van der Waals surface area contributed by atoms with Gasteiger partial charge in [0.25, 0.3) is 0 Å². The van der Waals surface area contributed by atoms with E-state index in [0.717, 1.165) is 27.5 Å². The normalized spacial score (nSPS) is 10.9. The van der Waals surface area contributed by atoms with Crippen molar-refractivity contribution in [2.75, 3.05) is 0 Å². The molecule has 2 nitrogen and oxygen atoms in total. The van der Waals surface area contributed by atoms with Crippen LogP contribution in [-0.4, -0.2) is 9.97 Å². The Morgan fingerprint density at radius 2 is 1.80 bits per heavy atom. The van der Waals surface area contributed by atoms with E-state index in [0.29, 0.717) is 11.0 Å². The van der Waals surface area contributed by atoms with Gasteiger partial charge in [0.15, 0.2) is 5.82 Å². The van der Waals surface area contributed by atoms with Gasteiger partial charge >= 0.3 is 0 Å². The van der Waals surface area contributed by atoms with Gasteiger partial charge in [0, 0.05) is 5.56 Å². The summed E-state index contributed by atoms with van der Waals surface area (Å²) >= 11 is 9.64. The second-order valence-electron chi connectivity index (χ2n) is 4.48. The number of rotatable bonds is 2. The standard InChI is InChI=1S/C16H12BrClN2/c1-2-13-14(17)15(18)20-16(19-13)12-9-5-7-10-6-3-4-8-11(10)12/h3-9H,2H2,1H3. The quantitative estimate of drug-likeness (QED) is 0.590. The molecule has 0 N–H and O–H groups in total. The molecule has 0 fully saturated rings. The molecule has 0 radical (unpaired) electrons. The van der Waals surface area contributed by atoms with Crippen LogP contribution in [0.2, 0.25) is 5.15 Å². The highest BCUT2D eigenvalue weighted by Gasteiger charge is 2.12. The number of hydrogen-bond acceptors (Lipinski definition) is 2. The van der Waals surface area contributed by atoms with Crippen LogP contribution in [-0.2, 0) is 6.42 Å². The van der Waals surface area contributed by atoms with Gasteiger partial charge in [-0.15, -0.1) is 0 Å². The topological polar surface area (TPSA) is 25.8 Å². The van der Waals surface area contributed by atoms with Crippen LogP contribution in [0.4, 0.5) is 0 Å². The zero-order valence-electron chi connectivity index (χ0n) is 10.9. The summed E-state index contributed by atoms with van der Waals surface area (Å²) in [6.07, 6.45) is 0.806. The Labute approximate surface area is 131 Å². The molecule has 3 rings (SSSR count). The molecule has 0 aliphatic rings. The fourth-order valence-corrected chi connectivity index (χ4v) is 2.88. The molecule has 0 aliphatic heterocycles. The molecule has 2 aromatic carbocycles. The molecule has 0 bridgehead atoms. The number of benzene rings is 2. The number of aromatic nitrogens is 2. The second kappa shape index (κ2) is 5.51. The Morgan fingerprint density at radius 1 is 1.05 bits per heavy atom. The first-order valence-electron chi connectivity index (χ1n) is 6.40. The fourth-order valence-electron chi connectivity index (χ4n) is 2.24. The van der Waals surface area contributed by atoms with Gasteiger partial charge in [-0.2, -0.15) is 0 Å². The lowest BCUT2D eigenvalue weighted by Crippen LogP contribution is -1.97. The van der Waals surface area contributed by atoms with Gasteiger partial charge in [-0.3, -0.25) is 0 Å². The van der Waals surface area contributed by atoms with Crippen LogP contribution in [0.15, 0.2) is 46.9 Å². The van der Waals surface area contributed by atoms with E-state index in [1.165, 1.54) is 5.39 Å². The average Bonchev–Trinajstić information content (AvgIpc) is 2.49. The molecule has 0 atom stereocenters. The van der Waals surface area contributed by atoms with E-state index in [9.17, 15) is 0 Å². The first kappa shape index (κ1) is 13.5. The maximum Gasteiger partial charge on any atom is 0.161 e. The van der Waals surface area contributed by atoms with Crippen LogP contribution >= 0.6 is 27.5 Å². The van der Waals surface area contributed by atoms with Crippen LogP contribution in [0.3, 0.4) is 0 Å². The van der Waals surface area contributed by atoms with Gasteiger partial charge in [-0.05, 0) is 33.1 Å². The maximum absolute atomic E-state index is 6.20. The lowest BCUT2D eigenvalue weighted by molar-refractivity contribution is 0.992. The summed E-state index contributed by atoms with van der Waals surface area (Å²) in [6, 6.07) is 14.3. The van der Waals surface area contributed by atoms with Crippen molar-refractivity contribution in [3.63, 3.8) is 0 Å². The van der Waals surface area contributed by atoms with Gasteiger partial charge in [0.1, 0.15) is 5.15 Å². The predicted molar refractivity (Wildman–Crippen MR) is 87.1 cm³/mol. The molecule has 0 unspecified atom stereocenters. The Bertz CT molecular complexity index is 781. The molecule has 0 spiro atoms. The summed E-state index contributed by atoms with van der Waals surface area (Å²) in [4.78, 5) is 9.04. The molecule has 100 valence electrons. The molecule has 0 aliphatic carbocycles. The van der Waals surface area contributed by atoms with Crippen LogP contribution in [0, 0.1) is 0 Å². The van der Waals surface area contributed by atoms with Crippen LogP contribution in [0.25, 0.3) is 22.2 Å². The predicted octanol–water partition coefficient (Wildman–Crippen LogP) is 5.28. The fraction of sp³-hybridized carbons (Fsp3) is 0.125. The van der Waals surface area contributed by atoms with Gasteiger partial charge in [-0.25, -0.2) is 9.97 Å². The van der Waals surface area contributed by atoms with Gasteiger partial charge < -0.3 is 0 Å². The maximum atomic E-state index is 6.20. The van der Waals surface area contributed by atoms with Crippen molar-refractivity contribution in [1.82, 2.24) is 9.97 Å². The van der Waals surface area contributed by atoms with E-state index < -0.39 is 0 Å². The highest BCUT2D eigenvalue weighted by molar-refractivity contribution is 9.10. The van der Waals surface area contributed by atoms with Crippen molar-refractivity contribution in [1.29, 1.82) is 0 Å². The minimum atomic E-state index is 0.458. The summed E-state index contributed by atoms with van der Waals surface area (Å²) in [6.45, 7) is 2.05. The van der Waals surface area contributed by atoms with Crippen LogP contribution in [0.1, 0.15) is 12.6 Å².